The summed E-state index contributed by atoms with van der Waals surface area (Å²) in [7, 11) is 6.17. The Labute approximate surface area is 132 Å². The molecule has 0 amide bonds. The fourth-order valence-corrected chi connectivity index (χ4v) is 3.39. The molecule has 21 heavy (non-hydrogen) atoms. The number of hydrogen-bond donors (Lipinski definition) is 1. The van der Waals surface area contributed by atoms with E-state index in [0.29, 0.717) is 17.5 Å². The maximum atomic E-state index is 10.4. The molecule has 120 valence electrons. The Hall–Kier alpha value is -0.620. The molecule has 1 N–H and O–H groups in total. The van der Waals surface area contributed by atoms with Crippen LogP contribution in [0, 0.1) is 0 Å². The zero-order chi connectivity index (χ0) is 15.6. The number of halogens is 1. The number of likely N-dealkylation sites (N-methyl/N-ethyl adjacent to an activating group) is 2. The number of aliphatic hydroxyl groups is 1. The van der Waals surface area contributed by atoms with Crippen molar-refractivity contribution in [2.24, 2.45) is 7.05 Å². The van der Waals surface area contributed by atoms with E-state index in [1.807, 2.05) is 14.0 Å². The summed E-state index contributed by atoms with van der Waals surface area (Å²) in [6.45, 7) is 5.20. The quantitative estimate of drug-likeness (QED) is 0.886. The fraction of sp³-hybridized carbons (Fsp3) is 0.800. The largest absolute Gasteiger partial charge is 0.393 e. The van der Waals surface area contributed by atoms with Crippen molar-refractivity contribution in [2.45, 2.75) is 38.3 Å². The lowest BCUT2D eigenvalue weighted by Gasteiger charge is -2.38. The van der Waals surface area contributed by atoms with Crippen LogP contribution in [0.2, 0.25) is 5.02 Å². The van der Waals surface area contributed by atoms with E-state index in [0.717, 1.165) is 43.9 Å². The SMILES string of the molecule is CCc1nn(C)c(CC(O)CC2CN(C)CCN2C)c1Cl. The van der Waals surface area contributed by atoms with Crippen LogP contribution in [0.4, 0.5) is 0 Å². The van der Waals surface area contributed by atoms with Crippen molar-refractivity contribution in [2.75, 3.05) is 33.7 Å². The monoisotopic (exact) mass is 314 g/mol. The fourth-order valence-electron chi connectivity index (χ4n) is 3.02. The van der Waals surface area contributed by atoms with Gasteiger partial charge in [0.2, 0.25) is 0 Å². The van der Waals surface area contributed by atoms with E-state index in [9.17, 15) is 5.11 Å². The van der Waals surface area contributed by atoms with E-state index < -0.39 is 0 Å². The van der Waals surface area contributed by atoms with Gasteiger partial charge in [-0.3, -0.25) is 4.68 Å². The van der Waals surface area contributed by atoms with Gasteiger partial charge >= 0.3 is 0 Å². The molecular weight excluding hydrogens is 288 g/mol. The van der Waals surface area contributed by atoms with Gasteiger partial charge in [0.15, 0.2) is 0 Å². The maximum absolute atomic E-state index is 10.4. The number of aromatic nitrogens is 2. The molecule has 0 radical (unpaired) electrons. The van der Waals surface area contributed by atoms with Crippen LogP contribution in [0.25, 0.3) is 0 Å². The molecule has 1 aliphatic heterocycles. The first-order valence-electron chi connectivity index (χ1n) is 7.69. The molecule has 1 aliphatic rings. The third-order valence-corrected chi connectivity index (χ3v) is 4.89. The van der Waals surface area contributed by atoms with Crippen LogP contribution in [0.3, 0.4) is 0 Å². The molecule has 0 spiro atoms. The molecule has 5 nitrogen and oxygen atoms in total. The van der Waals surface area contributed by atoms with Gasteiger partial charge in [0.25, 0.3) is 0 Å². The molecule has 2 unspecified atom stereocenters. The van der Waals surface area contributed by atoms with Crippen LogP contribution in [0.1, 0.15) is 24.7 Å². The van der Waals surface area contributed by atoms with Crippen molar-refractivity contribution in [1.82, 2.24) is 19.6 Å². The van der Waals surface area contributed by atoms with Gasteiger partial charge in [0.1, 0.15) is 0 Å². The first-order valence-corrected chi connectivity index (χ1v) is 8.07. The Morgan fingerprint density at radius 1 is 1.33 bits per heavy atom. The summed E-state index contributed by atoms with van der Waals surface area (Å²) in [4.78, 5) is 4.66. The van der Waals surface area contributed by atoms with E-state index in [2.05, 4.69) is 29.0 Å². The third-order valence-electron chi connectivity index (χ3n) is 4.46. The molecule has 1 fully saturated rings. The molecule has 0 saturated carbocycles. The maximum Gasteiger partial charge on any atom is 0.0850 e. The second-order valence-electron chi connectivity index (χ2n) is 6.17. The van der Waals surface area contributed by atoms with Crippen LogP contribution in [0.15, 0.2) is 0 Å². The molecule has 0 aromatic carbocycles. The third kappa shape index (κ3) is 3.97. The van der Waals surface area contributed by atoms with Crippen molar-refractivity contribution in [1.29, 1.82) is 0 Å². The van der Waals surface area contributed by atoms with Gasteiger partial charge in [-0.25, -0.2) is 0 Å². The molecule has 0 aliphatic carbocycles. The second-order valence-corrected chi connectivity index (χ2v) is 6.55. The van der Waals surface area contributed by atoms with Gasteiger partial charge in [-0.15, -0.1) is 0 Å². The van der Waals surface area contributed by atoms with Crippen LogP contribution in [0.5, 0.6) is 0 Å². The highest BCUT2D eigenvalue weighted by Crippen LogP contribution is 2.23. The molecule has 2 heterocycles. The molecule has 2 rings (SSSR count). The molecular formula is C15H27ClN4O. The van der Waals surface area contributed by atoms with Crippen molar-refractivity contribution in [3.8, 4) is 0 Å². The summed E-state index contributed by atoms with van der Waals surface area (Å²) in [6.07, 6.45) is 1.76. The lowest BCUT2D eigenvalue weighted by molar-refractivity contribution is 0.0632. The average Bonchev–Trinajstić information content (AvgIpc) is 2.70. The van der Waals surface area contributed by atoms with Crippen molar-refractivity contribution < 1.29 is 5.11 Å². The Morgan fingerprint density at radius 3 is 2.67 bits per heavy atom. The number of rotatable bonds is 5. The Morgan fingerprint density at radius 2 is 2.05 bits per heavy atom. The smallest absolute Gasteiger partial charge is 0.0850 e. The van der Waals surface area contributed by atoms with Crippen LogP contribution in [-0.4, -0.2) is 70.6 Å². The topological polar surface area (TPSA) is 44.5 Å². The summed E-state index contributed by atoms with van der Waals surface area (Å²) in [6, 6.07) is 0.399. The summed E-state index contributed by atoms with van der Waals surface area (Å²) in [5.74, 6) is 0. The number of nitrogens with zero attached hydrogens (tertiary/aromatic N) is 4. The Kier molecular flexibility index (Phi) is 5.66. The molecule has 1 aromatic rings. The zero-order valence-electron chi connectivity index (χ0n) is 13.5. The first kappa shape index (κ1) is 16.7. The number of aryl methyl sites for hydroxylation is 2. The predicted molar refractivity (Wildman–Crippen MR) is 85.8 cm³/mol. The molecule has 6 heteroatoms. The normalized spacial score (nSPS) is 22.7. The van der Waals surface area contributed by atoms with E-state index in [-0.39, 0.29) is 6.10 Å². The zero-order valence-corrected chi connectivity index (χ0v) is 14.3. The van der Waals surface area contributed by atoms with Crippen LogP contribution >= 0.6 is 11.6 Å². The van der Waals surface area contributed by atoms with E-state index in [4.69, 9.17) is 11.6 Å². The minimum Gasteiger partial charge on any atom is -0.393 e. The molecule has 1 aromatic heterocycles. The lowest BCUT2D eigenvalue weighted by Crippen LogP contribution is -2.51. The van der Waals surface area contributed by atoms with Crippen molar-refractivity contribution in [3.63, 3.8) is 0 Å². The van der Waals surface area contributed by atoms with Gasteiger partial charge in [0, 0.05) is 39.1 Å². The highest BCUT2D eigenvalue weighted by molar-refractivity contribution is 6.31. The Balaban J connectivity index is 1.98. The average molecular weight is 315 g/mol. The van der Waals surface area contributed by atoms with Gasteiger partial charge in [-0.2, -0.15) is 5.10 Å². The van der Waals surface area contributed by atoms with E-state index >= 15 is 0 Å². The summed E-state index contributed by atoms with van der Waals surface area (Å²) in [5, 5.41) is 15.6. The van der Waals surface area contributed by atoms with Crippen molar-refractivity contribution in [3.05, 3.63) is 16.4 Å². The van der Waals surface area contributed by atoms with Crippen LogP contribution < -0.4 is 0 Å². The van der Waals surface area contributed by atoms with E-state index in [1.54, 1.807) is 4.68 Å². The van der Waals surface area contributed by atoms with E-state index in [1.165, 1.54) is 0 Å². The van der Waals surface area contributed by atoms with Gasteiger partial charge in [-0.1, -0.05) is 18.5 Å². The standard InChI is InChI=1S/C15H27ClN4O/c1-5-13-15(16)14(20(4)17-13)9-12(21)8-11-10-18(2)6-7-19(11)3/h11-12,21H,5-10H2,1-4H3. The van der Waals surface area contributed by atoms with Gasteiger partial charge in [0.05, 0.1) is 22.5 Å². The molecule has 2 atom stereocenters. The minimum absolute atomic E-state index is 0.387. The highest BCUT2D eigenvalue weighted by atomic mass is 35.5. The Bertz CT molecular complexity index is 476. The number of aliphatic hydroxyl groups excluding tert-OH is 1. The van der Waals surface area contributed by atoms with Crippen molar-refractivity contribution >= 4 is 11.6 Å². The summed E-state index contributed by atoms with van der Waals surface area (Å²) in [5.41, 5.74) is 1.85. The van der Waals surface area contributed by atoms with Gasteiger partial charge in [-0.05, 0) is 26.9 Å². The number of piperazine rings is 1. The predicted octanol–water partition coefficient (Wildman–Crippen LogP) is 1.18. The second kappa shape index (κ2) is 7.09. The molecule has 0 bridgehead atoms. The lowest BCUT2D eigenvalue weighted by atomic mass is 10.0. The van der Waals surface area contributed by atoms with Gasteiger partial charge < -0.3 is 14.9 Å². The van der Waals surface area contributed by atoms with Crippen LogP contribution in [-0.2, 0) is 19.9 Å². The summed E-state index contributed by atoms with van der Waals surface area (Å²) >= 11 is 6.36. The number of hydrogen-bond acceptors (Lipinski definition) is 4. The molecule has 1 saturated heterocycles. The minimum atomic E-state index is -0.387. The highest BCUT2D eigenvalue weighted by Gasteiger charge is 2.26. The first-order chi connectivity index (χ1) is 9.92. The summed E-state index contributed by atoms with van der Waals surface area (Å²) < 4.78 is 1.81.